The molecule has 0 unspecified atom stereocenters. The van der Waals surface area contributed by atoms with Gasteiger partial charge in [0.2, 0.25) is 5.88 Å². The van der Waals surface area contributed by atoms with Crippen molar-refractivity contribution in [2.75, 3.05) is 26.8 Å². The number of para-hydroxylation sites is 1. The van der Waals surface area contributed by atoms with E-state index in [0.717, 1.165) is 43.2 Å². The van der Waals surface area contributed by atoms with Crippen molar-refractivity contribution in [1.29, 1.82) is 0 Å². The molecule has 0 fully saturated rings. The van der Waals surface area contributed by atoms with Gasteiger partial charge in [-0.25, -0.2) is 4.98 Å². The Morgan fingerprint density at radius 2 is 2.00 bits per heavy atom. The largest absolute Gasteiger partial charge is 0.496 e. The summed E-state index contributed by atoms with van der Waals surface area (Å²) in [6.45, 7) is 7.66. The smallest absolute Gasteiger partial charge is 0.218 e. The van der Waals surface area contributed by atoms with Gasteiger partial charge in [0.05, 0.1) is 12.6 Å². The van der Waals surface area contributed by atoms with Crippen LogP contribution in [-0.2, 0) is 13.0 Å². The lowest BCUT2D eigenvalue weighted by Gasteiger charge is -2.20. The third-order valence-corrected chi connectivity index (χ3v) is 5.48. The molecule has 0 spiro atoms. The van der Waals surface area contributed by atoms with Gasteiger partial charge in [0.1, 0.15) is 12.4 Å². The first kappa shape index (κ1) is 17.8. The first-order chi connectivity index (χ1) is 13.2. The zero-order valence-corrected chi connectivity index (χ0v) is 16.3. The number of benzene rings is 2. The Morgan fingerprint density at radius 1 is 1.15 bits per heavy atom. The fourth-order valence-electron chi connectivity index (χ4n) is 3.72. The number of hydrogen-bond donors (Lipinski definition) is 0. The summed E-state index contributed by atoms with van der Waals surface area (Å²) in [4.78, 5) is 7.28. The van der Waals surface area contributed by atoms with E-state index in [1.54, 1.807) is 7.11 Å². The molecular weight excluding hydrogens is 336 g/mol. The molecular formula is C23H26N2O2. The summed E-state index contributed by atoms with van der Waals surface area (Å²) >= 11 is 0. The molecule has 4 nitrogen and oxygen atoms in total. The van der Waals surface area contributed by atoms with Gasteiger partial charge in [-0.15, -0.1) is 0 Å². The maximum atomic E-state index is 6.00. The van der Waals surface area contributed by atoms with Gasteiger partial charge < -0.3 is 9.47 Å². The second-order valence-electron chi connectivity index (χ2n) is 7.22. The van der Waals surface area contributed by atoms with Gasteiger partial charge in [-0.1, -0.05) is 30.3 Å². The number of aryl methyl sites for hydroxylation is 2. The van der Waals surface area contributed by atoms with Crippen LogP contribution in [0.2, 0.25) is 0 Å². The summed E-state index contributed by atoms with van der Waals surface area (Å²) in [7, 11) is 1.73. The van der Waals surface area contributed by atoms with E-state index in [4.69, 9.17) is 14.5 Å². The summed E-state index contributed by atoms with van der Waals surface area (Å²) in [6, 6.07) is 14.8. The average molecular weight is 362 g/mol. The fraction of sp³-hybridized carbons (Fsp3) is 0.348. The maximum absolute atomic E-state index is 6.00. The van der Waals surface area contributed by atoms with E-state index < -0.39 is 0 Å². The Labute approximate surface area is 160 Å². The maximum Gasteiger partial charge on any atom is 0.218 e. The van der Waals surface area contributed by atoms with Gasteiger partial charge in [-0.05, 0) is 49.1 Å². The molecule has 4 rings (SSSR count). The van der Waals surface area contributed by atoms with Crippen LogP contribution in [0.1, 0.15) is 22.3 Å². The van der Waals surface area contributed by atoms with Crippen LogP contribution in [-0.4, -0.2) is 36.7 Å². The highest BCUT2D eigenvalue weighted by Crippen LogP contribution is 2.28. The molecule has 0 atom stereocenters. The zero-order valence-electron chi connectivity index (χ0n) is 16.3. The Morgan fingerprint density at radius 3 is 2.85 bits per heavy atom. The summed E-state index contributed by atoms with van der Waals surface area (Å²) in [6.07, 6.45) is 0.957. The first-order valence-electron chi connectivity index (χ1n) is 9.52. The molecule has 2 heterocycles. The van der Waals surface area contributed by atoms with Crippen LogP contribution in [0.3, 0.4) is 0 Å². The SMILES string of the molecule is COc1ccccc1CCN1CCOc2nc3c(C)c(C)ccc3cc2C1. The minimum atomic E-state index is 0.669. The van der Waals surface area contributed by atoms with E-state index >= 15 is 0 Å². The van der Waals surface area contributed by atoms with Crippen LogP contribution < -0.4 is 9.47 Å². The molecule has 4 heteroatoms. The van der Waals surface area contributed by atoms with Gasteiger partial charge in [-0.3, -0.25) is 4.90 Å². The lowest BCUT2D eigenvalue weighted by Crippen LogP contribution is -2.28. The second-order valence-corrected chi connectivity index (χ2v) is 7.22. The second kappa shape index (κ2) is 7.57. The third kappa shape index (κ3) is 3.62. The van der Waals surface area contributed by atoms with Crippen molar-refractivity contribution in [2.24, 2.45) is 0 Å². The number of methoxy groups -OCH3 is 1. The van der Waals surface area contributed by atoms with Crippen molar-refractivity contribution < 1.29 is 9.47 Å². The third-order valence-electron chi connectivity index (χ3n) is 5.48. The van der Waals surface area contributed by atoms with Crippen molar-refractivity contribution in [3.8, 4) is 11.6 Å². The van der Waals surface area contributed by atoms with Crippen LogP contribution in [0.4, 0.5) is 0 Å². The minimum absolute atomic E-state index is 0.669. The number of nitrogens with zero attached hydrogens (tertiary/aromatic N) is 2. The van der Waals surface area contributed by atoms with Crippen molar-refractivity contribution in [1.82, 2.24) is 9.88 Å². The van der Waals surface area contributed by atoms with E-state index in [1.165, 1.54) is 27.6 Å². The van der Waals surface area contributed by atoms with E-state index in [9.17, 15) is 0 Å². The number of rotatable bonds is 4. The Bertz CT molecular complexity index is 968. The predicted molar refractivity (Wildman–Crippen MR) is 109 cm³/mol. The number of aromatic nitrogens is 1. The molecule has 0 amide bonds. The van der Waals surface area contributed by atoms with Crippen LogP contribution in [0.5, 0.6) is 11.6 Å². The van der Waals surface area contributed by atoms with Gasteiger partial charge in [0, 0.05) is 30.6 Å². The normalized spacial score (nSPS) is 14.5. The fourth-order valence-corrected chi connectivity index (χ4v) is 3.72. The number of fused-ring (bicyclic) bond motifs is 2. The van der Waals surface area contributed by atoms with Gasteiger partial charge >= 0.3 is 0 Å². The molecule has 0 bridgehead atoms. The molecule has 3 aromatic rings. The van der Waals surface area contributed by atoms with Crippen molar-refractivity contribution in [2.45, 2.75) is 26.8 Å². The lowest BCUT2D eigenvalue weighted by atomic mass is 10.0. The summed E-state index contributed by atoms with van der Waals surface area (Å²) in [5, 5.41) is 1.19. The highest BCUT2D eigenvalue weighted by atomic mass is 16.5. The van der Waals surface area contributed by atoms with Crippen LogP contribution >= 0.6 is 0 Å². The van der Waals surface area contributed by atoms with Gasteiger partial charge in [0.15, 0.2) is 0 Å². The summed E-state index contributed by atoms with van der Waals surface area (Å²) in [5.74, 6) is 1.75. The molecule has 1 aliphatic rings. The molecule has 27 heavy (non-hydrogen) atoms. The molecule has 1 aromatic heterocycles. The zero-order chi connectivity index (χ0) is 18.8. The molecule has 0 saturated heterocycles. The summed E-state index contributed by atoms with van der Waals surface area (Å²) in [5.41, 5.74) is 5.96. The highest BCUT2D eigenvalue weighted by Gasteiger charge is 2.18. The van der Waals surface area contributed by atoms with Gasteiger partial charge in [0.25, 0.3) is 0 Å². The first-order valence-corrected chi connectivity index (χ1v) is 9.52. The standard InChI is InChI=1S/C23H26N2O2/c1-16-8-9-19-14-20-15-25(11-10-18-6-4-5-7-21(18)26-3)12-13-27-23(20)24-22(19)17(16)2/h4-9,14H,10-13,15H2,1-3H3. The van der Waals surface area contributed by atoms with Gasteiger partial charge in [-0.2, -0.15) is 0 Å². The minimum Gasteiger partial charge on any atom is -0.496 e. The van der Waals surface area contributed by atoms with Crippen LogP contribution in [0.15, 0.2) is 42.5 Å². The quantitative estimate of drug-likeness (QED) is 0.693. The van der Waals surface area contributed by atoms with E-state index in [-0.39, 0.29) is 0 Å². The number of ether oxygens (including phenoxy) is 2. The average Bonchev–Trinajstić information content (AvgIpc) is 2.89. The molecule has 2 aromatic carbocycles. The number of pyridine rings is 1. The Hall–Kier alpha value is -2.59. The van der Waals surface area contributed by atoms with Crippen LogP contribution in [0.25, 0.3) is 10.9 Å². The van der Waals surface area contributed by atoms with Crippen LogP contribution in [0, 0.1) is 13.8 Å². The molecule has 1 aliphatic heterocycles. The van der Waals surface area contributed by atoms with Crippen molar-refractivity contribution >= 4 is 10.9 Å². The van der Waals surface area contributed by atoms with E-state index in [0.29, 0.717) is 6.61 Å². The van der Waals surface area contributed by atoms with E-state index in [1.807, 2.05) is 12.1 Å². The van der Waals surface area contributed by atoms with Crippen molar-refractivity contribution in [3.05, 3.63) is 64.7 Å². The lowest BCUT2D eigenvalue weighted by molar-refractivity contribution is 0.225. The highest BCUT2D eigenvalue weighted by molar-refractivity contribution is 5.84. The van der Waals surface area contributed by atoms with Crippen molar-refractivity contribution in [3.63, 3.8) is 0 Å². The Kier molecular flexibility index (Phi) is 4.99. The number of hydrogen-bond acceptors (Lipinski definition) is 4. The Balaban J connectivity index is 1.56. The predicted octanol–water partition coefficient (Wildman–Crippen LogP) is 4.30. The summed E-state index contributed by atoms with van der Waals surface area (Å²) < 4.78 is 11.5. The molecule has 140 valence electrons. The molecule has 0 radical (unpaired) electrons. The molecule has 0 aliphatic carbocycles. The molecule has 0 N–H and O–H groups in total. The topological polar surface area (TPSA) is 34.6 Å². The van der Waals surface area contributed by atoms with E-state index in [2.05, 4.69) is 49.1 Å². The monoisotopic (exact) mass is 362 g/mol. The molecule has 0 saturated carbocycles.